The lowest BCUT2D eigenvalue weighted by atomic mass is 10.1. The Bertz CT molecular complexity index is 1110. The van der Waals surface area contributed by atoms with Gasteiger partial charge in [0.2, 0.25) is 5.91 Å². The average Bonchev–Trinajstić information content (AvgIpc) is 3.18. The standard InChI is InChI=1S/C22H18N2O4S2/c1-13(25)24-17-6-4-3-5-16(17)18(20(24)26)19-21(27)23(22(29)30-19)12-11-14-7-9-15(28-2)10-8-14/h3-10H,11-12H2,1-2H3. The second-order valence-corrected chi connectivity index (χ2v) is 8.45. The average molecular weight is 439 g/mol. The Kier molecular flexibility index (Phi) is 5.44. The fraction of sp³-hybridized carbons (Fsp3) is 0.182. The van der Waals surface area contributed by atoms with Gasteiger partial charge in [-0.05, 0) is 30.2 Å². The number of hydrogen-bond acceptors (Lipinski definition) is 6. The maximum atomic E-state index is 13.1. The van der Waals surface area contributed by atoms with Crippen molar-refractivity contribution in [3.63, 3.8) is 0 Å². The molecule has 2 heterocycles. The molecule has 6 nitrogen and oxygen atoms in total. The van der Waals surface area contributed by atoms with E-state index in [1.807, 2.05) is 24.3 Å². The van der Waals surface area contributed by atoms with Crippen LogP contribution in [0.4, 0.5) is 5.69 Å². The van der Waals surface area contributed by atoms with E-state index in [1.54, 1.807) is 31.4 Å². The zero-order valence-corrected chi connectivity index (χ0v) is 18.0. The Morgan fingerprint density at radius 3 is 2.43 bits per heavy atom. The zero-order valence-electron chi connectivity index (χ0n) is 16.4. The van der Waals surface area contributed by atoms with Crippen molar-refractivity contribution in [1.29, 1.82) is 0 Å². The Morgan fingerprint density at radius 2 is 1.77 bits per heavy atom. The molecule has 0 saturated carbocycles. The number of para-hydroxylation sites is 1. The van der Waals surface area contributed by atoms with E-state index in [4.69, 9.17) is 17.0 Å². The minimum Gasteiger partial charge on any atom is -0.497 e. The van der Waals surface area contributed by atoms with Crippen LogP contribution in [0.3, 0.4) is 0 Å². The second kappa shape index (κ2) is 8.04. The number of thiocarbonyl (C=S) groups is 1. The Labute approximate surface area is 183 Å². The van der Waals surface area contributed by atoms with Gasteiger partial charge in [-0.15, -0.1) is 0 Å². The molecule has 1 saturated heterocycles. The number of hydrogen-bond donors (Lipinski definition) is 0. The van der Waals surface area contributed by atoms with Crippen LogP contribution in [0, 0.1) is 0 Å². The fourth-order valence-corrected chi connectivity index (χ4v) is 4.90. The first-order valence-corrected chi connectivity index (χ1v) is 10.5. The fourth-order valence-electron chi connectivity index (χ4n) is 3.52. The van der Waals surface area contributed by atoms with Gasteiger partial charge in [-0.1, -0.05) is 54.3 Å². The molecule has 1 fully saturated rings. The molecule has 0 aromatic heterocycles. The van der Waals surface area contributed by atoms with Crippen molar-refractivity contribution in [2.75, 3.05) is 18.6 Å². The molecule has 0 aliphatic carbocycles. The number of amides is 3. The topological polar surface area (TPSA) is 66.9 Å². The molecule has 152 valence electrons. The summed E-state index contributed by atoms with van der Waals surface area (Å²) in [5.74, 6) is -0.415. The minimum absolute atomic E-state index is 0.241. The third-order valence-electron chi connectivity index (χ3n) is 5.01. The molecule has 0 spiro atoms. The maximum absolute atomic E-state index is 13.1. The number of imide groups is 1. The van der Waals surface area contributed by atoms with Crippen molar-refractivity contribution in [3.8, 4) is 5.75 Å². The molecule has 8 heteroatoms. The molecular formula is C22H18N2O4S2. The number of fused-ring (bicyclic) bond motifs is 1. The van der Waals surface area contributed by atoms with Gasteiger partial charge in [-0.2, -0.15) is 0 Å². The van der Waals surface area contributed by atoms with Gasteiger partial charge in [-0.3, -0.25) is 19.3 Å². The first kappa shape index (κ1) is 20.3. The maximum Gasteiger partial charge on any atom is 0.267 e. The van der Waals surface area contributed by atoms with Crippen molar-refractivity contribution in [1.82, 2.24) is 4.90 Å². The molecule has 0 radical (unpaired) electrons. The third kappa shape index (κ3) is 3.42. The van der Waals surface area contributed by atoms with Gasteiger partial charge in [0.05, 0.1) is 23.3 Å². The second-order valence-electron chi connectivity index (χ2n) is 6.80. The van der Waals surface area contributed by atoms with Gasteiger partial charge < -0.3 is 4.74 Å². The molecule has 30 heavy (non-hydrogen) atoms. The van der Waals surface area contributed by atoms with E-state index in [-0.39, 0.29) is 16.4 Å². The van der Waals surface area contributed by atoms with Gasteiger partial charge in [0, 0.05) is 19.0 Å². The summed E-state index contributed by atoms with van der Waals surface area (Å²) < 4.78 is 5.57. The summed E-state index contributed by atoms with van der Waals surface area (Å²) in [6.07, 6.45) is 0.614. The minimum atomic E-state index is -0.487. The molecule has 0 atom stereocenters. The van der Waals surface area contributed by atoms with E-state index in [2.05, 4.69) is 0 Å². The highest BCUT2D eigenvalue weighted by atomic mass is 32.2. The van der Waals surface area contributed by atoms with Gasteiger partial charge in [0.25, 0.3) is 11.8 Å². The number of thioether (sulfide) groups is 1. The quantitative estimate of drug-likeness (QED) is 0.538. The largest absolute Gasteiger partial charge is 0.497 e. The first-order valence-electron chi connectivity index (χ1n) is 9.27. The highest BCUT2D eigenvalue weighted by molar-refractivity contribution is 8.26. The van der Waals surface area contributed by atoms with Crippen LogP contribution < -0.4 is 9.64 Å². The van der Waals surface area contributed by atoms with Crippen LogP contribution in [-0.4, -0.2) is 40.6 Å². The van der Waals surface area contributed by atoms with Crippen LogP contribution in [0.1, 0.15) is 18.1 Å². The molecule has 3 amide bonds. The molecule has 2 aliphatic heterocycles. The lowest BCUT2D eigenvalue weighted by Gasteiger charge is -2.14. The molecular weight excluding hydrogens is 420 g/mol. The summed E-state index contributed by atoms with van der Waals surface area (Å²) in [5.41, 5.74) is 2.36. The van der Waals surface area contributed by atoms with Crippen LogP contribution in [0.15, 0.2) is 53.4 Å². The number of carbonyl (C=O) groups is 3. The molecule has 2 aromatic rings. The monoisotopic (exact) mass is 438 g/mol. The Hall–Kier alpha value is -2.97. The smallest absolute Gasteiger partial charge is 0.267 e. The van der Waals surface area contributed by atoms with Crippen molar-refractivity contribution in [3.05, 3.63) is 64.6 Å². The Morgan fingerprint density at radius 1 is 1.07 bits per heavy atom. The molecule has 2 aliphatic rings. The number of ether oxygens (including phenoxy) is 1. The van der Waals surface area contributed by atoms with Crippen LogP contribution in [0.2, 0.25) is 0 Å². The molecule has 4 rings (SSSR count). The van der Waals surface area contributed by atoms with Gasteiger partial charge in [0.1, 0.15) is 10.1 Å². The number of carbonyl (C=O) groups excluding carboxylic acids is 3. The van der Waals surface area contributed by atoms with E-state index in [0.717, 1.165) is 28.0 Å². The van der Waals surface area contributed by atoms with Crippen LogP contribution >= 0.6 is 24.0 Å². The predicted molar refractivity (Wildman–Crippen MR) is 120 cm³/mol. The van der Waals surface area contributed by atoms with Crippen molar-refractivity contribution < 1.29 is 19.1 Å². The summed E-state index contributed by atoms with van der Waals surface area (Å²) in [6.45, 7) is 1.73. The number of nitrogens with zero attached hydrogens (tertiary/aromatic N) is 2. The molecule has 2 aromatic carbocycles. The first-order chi connectivity index (χ1) is 14.4. The third-order valence-corrected chi connectivity index (χ3v) is 6.45. The summed E-state index contributed by atoms with van der Waals surface area (Å²) in [7, 11) is 1.61. The summed E-state index contributed by atoms with van der Waals surface area (Å²) >= 11 is 6.54. The van der Waals surface area contributed by atoms with Gasteiger partial charge in [-0.25, -0.2) is 4.90 Å². The zero-order chi connectivity index (χ0) is 21.4. The van der Waals surface area contributed by atoms with Crippen molar-refractivity contribution in [2.24, 2.45) is 0 Å². The number of rotatable bonds is 4. The van der Waals surface area contributed by atoms with Gasteiger partial charge in [0.15, 0.2) is 0 Å². The summed E-state index contributed by atoms with van der Waals surface area (Å²) in [5, 5.41) is 0. The number of anilines is 1. The number of methoxy groups -OCH3 is 1. The predicted octanol–water partition coefficient (Wildman–Crippen LogP) is 3.40. The molecule has 0 bridgehead atoms. The normalized spacial score (nSPS) is 18.3. The van der Waals surface area contributed by atoms with Crippen LogP contribution in [0.5, 0.6) is 5.75 Å². The lowest BCUT2D eigenvalue weighted by Crippen LogP contribution is -2.32. The van der Waals surface area contributed by atoms with E-state index < -0.39 is 11.8 Å². The highest BCUT2D eigenvalue weighted by Crippen LogP contribution is 2.44. The number of benzene rings is 2. The molecule has 0 unspecified atom stereocenters. The SMILES string of the molecule is COc1ccc(CCN2C(=O)C(=C3C(=O)N(C(C)=O)c4ccccc43)SC2=S)cc1. The molecule has 0 N–H and O–H groups in total. The van der Waals surface area contributed by atoms with Gasteiger partial charge >= 0.3 is 0 Å². The van der Waals surface area contributed by atoms with Crippen molar-refractivity contribution in [2.45, 2.75) is 13.3 Å². The Balaban J connectivity index is 1.62. The highest BCUT2D eigenvalue weighted by Gasteiger charge is 2.42. The lowest BCUT2D eigenvalue weighted by molar-refractivity contribution is -0.124. The van der Waals surface area contributed by atoms with Crippen LogP contribution in [-0.2, 0) is 20.8 Å². The van der Waals surface area contributed by atoms with E-state index >= 15 is 0 Å². The van der Waals surface area contributed by atoms with E-state index in [9.17, 15) is 14.4 Å². The van der Waals surface area contributed by atoms with E-state index in [1.165, 1.54) is 11.8 Å². The summed E-state index contributed by atoms with van der Waals surface area (Å²) in [6, 6.07) is 14.6. The summed E-state index contributed by atoms with van der Waals surface area (Å²) in [4.78, 5) is 41.1. The van der Waals surface area contributed by atoms with Crippen LogP contribution in [0.25, 0.3) is 5.57 Å². The van der Waals surface area contributed by atoms with Crippen molar-refractivity contribution >= 4 is 57.3 Å². The van der Waals surface area contributed by atoms with E-state index in [0.29, 0.717) is 28.5 Å².